The van der Waals surface area contributed by atoms with Crippen LogP contribution in [-0.2, 0) is 11.3 Å². The topological polar surface area (TPSA) is 118 Å². The molecule has 0 bridgehead atoms. The summed E-state index contributed by atoms with van der Waals surface area (Å²) in [5.41, 5.74) is 3.08. The van der Waals surface area contributed by atoms with Crippen LogP contribution in [0.25, 0.3) is 11.1 Å². The number of aromatic amines is 1. The lowest BCUT2D eigenvalue weighted by Crippen LogP contribution is -2.44. The Morgan fingerprint density at radius 2 is 2.03 bits per heavy atom. The van der Waals surface area contributed by atoms with Gasteiger partial charge in [0.15, 0.2) is 11.6 Å². The van der Waals surface area contributed by atoms with Gasteiger partial charge in [-0.05, 0) is 52.2 Å². The van der Waals surface area contributed by atoms with Crippen LogP contribution in [-0.4, -0.2) is 47.7 Å². The Hall–Kier alpha value is -2.98. The van der Waals surface area contributed by atoms with Gasteiger partial charge in [-0.3, -0.25) is 19.4 Å². The van der Waals surface area contributed by atoms with E-state index in [9.17, 15) is 14.0 Å². The van der Waals surface area contributed by atoms with Gasteiger partial charge in [0.1, 0.15) is 16.6 Å². The van der Waals surface area contributed by atoms with Gasteiger partial charge in [-0.25, -0.2) is 9.37 Å². The molecule has 0 aliphatic carbocycles. The zero-order valence-corrected chi connectivity index (χ0v) is 20.5. The summed E-state index contributed by atoms with van der Waals surface area (Å²) in [6.07, 6.45) is 4.12. The van der Waals surface area contributed by atoms with Gasteiger partial charge in [-0.15, -0.1) is 23.2 Å². The molecule has 0 aliphatic heterocycles. The first-order chi connectivity index (χ1) is 16.2. The number of H-pyrrole nitrogens is 1. The number of anilines is 1. The third kappa shape index (κ3) is 6.12. The number of hydrogen-bond donors (Lipinski definition) is 3. The number of alkyl halides is 2. The van der Waals surface area contributed by atoms with E-state index in [0.717, 1.165) is 11.3 Å². The maximum Gasteiger partial charge on any atom is 0.270 e. The van der Waals surface area contributed by atoms with Gasteiger partial charge >= 0.3 is 0 Å². The van der Waals surface area contributed by atoms with Crippen LogP contribution in [0.5, 0.6) is 0 Å². The smallest absolute Gasteiger partial charge is 0.270 e. The third-order valence-corrected chi connectivity index (χ3v) is 5.72. The summed E-state index contributed by atoms with van der Waals surface area (Å²) in [7, 11) is 0. The van der Waals surface area contributed by atoms with Crippen molar-refractivity contribution in [1.82, 2.24) is 30.3 Å². The van der Waals surface area contributed by atoms with Gasteiger partial charge in [0.2, 0.25) is 5.91 Å². The van der Waals surface area contributed by atoms with E-state index in [1.54, 1.807) is 13.0 Å². The molecule has 0 spiro atoms. The lowest BCUT2D eigenvalue weighted by molar-refractivity contribution is -0.118. The maximum absolute atomic E-state index is 14.8. The van der Waals surface area contributed by atoms with Crippen LogP contribution in [0, 0.1) is 19.7 Å². The largest absolute Gasteiger partial charge is 0.339 e. The Morgan fingerprint density at radius 3 is 2.65 bits per heavy atom. The van der Waals surface area contributed by atoms with Crippen LogP contribution >= 0.6 is 23.2 Å². The summed E-state index contributed by atoms with van der Waals surface area (Å²) < 4.78 is 16.3. The second kappa shape index (κ2) is 11.4. The predicted molar refractivity (Wildman–Crippen MR) is 128 cm³/mol. The number of nitrogens with one attached hydrogen (secondary N) is 3. The Labute approximate surface area is 206 Å². The number of aryl methyl sites for hydroxylation is 3. The minimum Gasteiger partial charge on any atom is -0.339 e. The van der Waals surface area contributed by atoms with Gasteiger partial charge in [0.05, 0.1) is 5.69 Å². The van der Waals surface area contributed by atoms with Gasteiger partial charge < -0.3 is 10.6 Å². The van der Waals surface area contributed by atoms with Crippen LogP contribution in [0.3, 0.4) is 0 Å². The Bertz CT molecular complexity index is 1140. The summed E-state index contributed by atoms with van der Waals surface area (Å²) in [6, 6.07) is 1.88. The molecule has 0 fully saturated rings. The van der Waals surface area contributed by atoms with Gasteiger partial charge in [0.25, 0.3) is 5.91 Å². The molecular formula is C22H26Cl2FN7O2. The van der Waals surface area contributed by atoms with Crippen molar-refractivity contribution < 1.29 is 14.0 Å². The standard InChI is InChI=1S/C22H26Cl2FN7O2/c1-4-32-17(8-9-27-32)22(34)28-16(6-5-7-18(23)24)21(33)29-20-15(25)10-14(11-26-20)19-12(2)30-31-13(19)3/h8-11,16,18H,4-7H2,1-3H3,(H,28,34)(H,30,31)(H,26,29,33). The molecule has 182 valence electrons. The summed E-state index contributed by atoms with van der Waals surface area (Å²) in [5, 5.41) is 16.2. The normalized spacial score (nSPS) is 12.1. The van der Waals surface area contributed by atoms with Crippen molar-refractivity contribution in [3.63, 3.8) is 0 Å². The van der Waals surface area contributed by atoms with Crippen LogP contribution in [0.4, 0.5) is 10.2 Å². The molecule has 0 aromatic carbocycles. The fourth-order valence-electron chi connectivity index (χ4n) is 3.60. The van der Waals surface area contributed by atoms with E-state index < -0.39 is 28.5 Å². The molecule has 34 heavy (non-hydrogen) atoms. The first-order valence-electron chi connectivity index (χ1n) is 10.8. The van der Waals surface area contributed by atoms with Crippen LogP contribution < -0.4 is 10.6 Å². The number of carbonyl (C=O) groups is 2. The number of nitrogens with zero attached hydrogens (tertiary/aromatic N) is 4. The van der Waals surface area contributed by atoms with Crippen LogP contribution in [0.2, 0.25) is 0 Å². The molecule has 0 saturated heterocycles. The Balaban J connectivity index is 1.77. The molecule has 2 amide bonds. The number of carbonyl (C=O) groups excluding carboxylic acids is 2. The SMILES string of the molecule is CCn1nccc1C(=O)NC(CCCC(Cl)Cl)C(=O)Nc1ncc(-c2c(C)n[nH]c2C)cc1F. The van der Waals surface area contributed by atoms with E-state index in [2.05, 4.69) is 30.9 Å². The minimum absolute atomic E-state index is 0.238. The molecular weight excluding hydrogens is 484 g/mol. The quantitative estimate of drug-likeness (QED) is 0.354. The summed E-state index contributed by atoms with van der Waals surface area (Å²) in [4.78, 5) is 29.2. The zero-order chi connectivity index (χ0) is 24.8. The van der Waals surface area contributed by atoms with Crippen LogP contribution in [0.1, 0.15) is 48.1 Å². The van der Waals surface area contributed by atoms with E-state index in [0.29, 0.717) is 36.3 Å². The fourth-order valence-corrected chi connectivity index (χ4v) is 3.91. The first kappa shape index (κ1) is 25.6. The number of hydrogen-bond acceptors (Lipinski definition) is 5. The maximum atomic E-state index is 14.8. The molecule has 0 radical (unpaired) electrons. The number of halogens is 3. The molecule has 3 N–H and O–H groups in total. The molecule has 1 unspecified atom stereocenters. The van der Waals surface area contributed by atoms with E-state index in [4.69, 9.17) is 23.2 Å². The molecule has 0 aliphatic rings. The highest BCUT2D eigenvalue weighted by atomic mass is 35.5. The van der Waals surface area contributed by atoms with E-state index >= 15 is 0 Å². The molecule has 3 rings (SSSR count). The number of rotatable bonds is 10. The summed E-state index contributed by atoms with van der Waals surface area (Å²) in [6.45, 7) is 5.97. The molecule has 3 heterocycles. The Kier molecular flexibility index (Phi) is 8.62. The lowest BCUT2D eigenvalue weighted by atomic mass is 10.1. The summed E-state index contributed by atoms with van der Waals surface area (Å²) >= 11 is 11.6. The number of amides is 2. The van der Waals surface area contributed by atoms with E-state index in [1.165, 1.54) is 23.1 Å². The van der Waals surface area contributed by atoms with Crippen LogP contribution in [0.15, 0.2) is 24.5 Å². The number of pyridine rings is 1. The highest BCUT2D eigenvalue weighted by Crippen LogP contribution is 2.27. The average Bonchev–Trinajstić information content (AvgIpc) is 3.40. The van der Waals surface area contributed by atoms with Crippen molar-refractivity contribution in [1.29, 1.82) is 0 Å². The fraction of sp³-hybridized carbons (Fsp3) is 0.409. The monoisotopic (exact) mass is 509 g/mol. The molecule has 3 aromatic rings. The van der Waals surface area contributed by atoms with Crippen molar-refractivity contribution in [2.45, 2.75) is 57.5 Å². The highest BCUT2D eigenvalue weighted by Gasteiger charge is 2.24. The summed E-state index contributed by atoms with van der Waals surface area (Å²) in [5.74, 6) is -2.02. The molecule has 12 heteroatoms. The molecule has 9 nitrogen and oxygen atoms in total. The van der Waals surface area contributed by atoms with Gasteiger partial charge in [-0.1, -0.05) is 0 Å². The van der Waals surface area contributed by atoms with E-state index in [-0.39, 0.29) is 12.2 Å². The molecule has 1 atom stereocenters. The number of aromatic nitrogens is 5. The van der Waals surface area contributed by atoms with Gasteiger partial charge in [-0.2, -0.15) is 10.2 Å². The molecule has 0 saturated carbocycles. The third-order valence-electron chi connectivity index (χ3n) is 5.29. The minimum atomic E-state index is -0.959. The van der Waals surface area contributed by atoms with Crippen molar-refractivity contribution >= 4 is 40.8 Å². The lowest BCUT2D eigenvalue weighted by Gasteiger charge is -2.19. The van der Waals surface area contributed by atoms with Crippen molar-refractivity contribution in [3.8, 4) is 11.1 Å². The average molecular weight is 510 g/mol. The second-order valence-corrected chi connectivity index (χ2v) is 9.01. The van der Waals surface area contributed by atoms with E-state index in [1.807, 2.05) is 13.8 Å². The van der Waals surface area contributed by atoms with Crippen molar-refractivity contribution in [2.75, 3.05) is 5.32 Å². The second-order valence-electron chi connectivity index (χ2n) is 7.73. The van der Waals surface area contributed by atoms with Gasteiger partial charge in [0, 0.05) is 35.8 Å². The predicted octanol–water partition coefficient (Wildman–Crippen LogP) is 4.16. The van der Waals surface area contributed by atoms with Crippen molar-refractivity contribution in [2.24, 2.45) is 0 Å². The zero-order valence-electron chi connectivity index (χ0n) is 19.0. The first-order valence-corrected chi connectivity index (χ1v) is 11.7. The molecule has 3 aromatic heterocycles. The Morgan fingerprint density at radius 1 is 1.26 bits per heavy atom. The highest BCUT2D eigenvalue weighted by molar-refractivity contribution is 6.44. The van der Waals surface area contributed by atoms with Crippen molar-refractivity contribution in [3.05, 3.63) is 47.4 Å².